The molecular formula is C16H22N4O. The van der Waals surface area contributed by atoms with Crippen LogP contribution in [0.2, 0.25) is 0 Å². The largest absolute Gasteiger partial charge is 0.497 e. The zero-order valence-corrected chi connectivity index (χ0v) is 12.7. The molecule has 1 aliphatic heterocycles. The summed E-state index contributed by atoms with van der Waals surface area (Å²) < 4.78 is 7.14. The van der Waals surface area contributed by atoms with Crippen molar-refractivity contribution in [1.29, 1.82) is 0 Å². The van der Waals surface area contributed by atoms with Crippen LogP contribution in [-0.2, 0) is 0 Å². The van der Waals surface area contributed by atoms with Crippen LogP contribution in [0.25, 0.3) is 5.69 Å². The Morgan fingerprint density at radius 3 is 2.48 bits per heavy atom. The predicted molar refractivity (Wildman–Crippen MR) is 81.8 cm³/mol. The monoisotopic (exact) mass is 286 g/mol. The fraction of sp³-hybridized carbons (Fsp3) is 0.500. The molecule has 5 heteroatoms. The number of nitrogens with zero attached hydrogens (tertiary/aromatic N) is 4. The fourth-order valence-corrected chi connectivity index (χ4v) is 2.93. The maximum Gasteiger partial charge on any atom is 0.149 e. The van der Waals surface area contributed by atoms with Gasteiger partial charge in [0.1, 0.15) is 17.9 Å². The number of methoxy groups -OCH3 is 1. The van der Waals surface area contributed by atoms with Gasteiger partial charge in [-0.15, -0.1) is 0 Å². The maximum absolute atomic E-state index is 5.21. The van der Waals surface area contributed by atoms with Gasteiger partial charge in [0, 0.05) is 0 Å². The lowest BCUT2D eigenvalue weighted by Crippen LogP contribution is -2.33. The SMILES string of the molecule is COc1ccc(-n2ncnc2[C@H](C)N2CCCCC2)cc1. The lowest BCUT2D eigenvalue weighted by Gasteiger charge is -2.31. The highest BCUT2D eigenvalue weighted by Crippen LogP contribution is 2.24. The molecular weight excluding hydrogens is 264 g/mol. The van der Waals surface area contributed by atoms with Gasteiger partial charge in [0.15, 0.2) is 0 Å². The highest BCUT2D eigenvalue weighted by Gasteiger charge is 2.22. The van der Waals surface area contributed by atoms with E-state index in [0.29, 0.717) is 0 Å². The summed E-state index contributed by atoms with van der Waals surface area (Å²) in [7, 11) is 1.67. The van der Waals surface area contributed by atoms with Crippen LogP contribution < -0.4 is 4.74 Å². The Balaban J connectivity index is 1.85. The topological polar surface area (TPSA) is 43.2 Å². The van der Waals surface area contributed by atoms with E-state index >= 15 is 0 Å². The first-order valence-electron chi connectivity index (χ1n) is 7.58. The third-order valence-electron chi connectivity index (χ3n) is 4.20. The normalized spacial score (nSPS) is 17.6. The summed E-state index contributed by atoms with van der Waals surface area (Å²) in [6.07, 6.45) is 5.54. The number of aromatic nitrogens is 3. The summed E-state index contributed by atoms with van der Waals surface area (Å²) >= 11 is 0. The van der Waals surface area contributed by atoms with Gasteiger partial charge >= 0.3 is 0 Å². The van der Waals surface area contributed by atoms with E-state index in [4.69, 9.17) is 4.74 Å². The van der Waals surface area contributed by atoms with Gasteiger partial charge in [0.2, 0.25) is 0 Å². The van der Waals surface area contributed by atoms with Crippen LogP contribution >= 0.6 is 0 Å². The minimum atomic E-state index is 0.287. The first kappa shape index (κ1) is 14.1. The summed E-state index contributed by atoms with van der Waals surface area (Å²) in [5.74, 6) is 1.85. The summed E-state index contributed by atoms with van der Waals surface area (Å²) in [6.45, 7) is 4.52. The third kappa shape index (κ3) is 2.93. The number of rotatable bonds is 4. The summed E-state index contributed by atoms with van der Waals surface area (Å²) in [6, 6.07) is 8.22. The smallest absolute Gasteiger partial charge is 0.149 e. The fourth-order valence-electron chi connectivity index (χ4n) is 2.93. The molecule has 0 aliphatic carbocycles. The van der Waals surface area contributed by atoms with Crippen LogP contribution in [0.3, 0.4) is 0 Å². The molecule has 5 nitrogen and oxygen atoms in total. The maximum atomic E-state index is 5.21. The highest BCUT2D eigenvalue weighted by atomic mass is 16.5. The highest BCUT2D eigenvalue weighted by molar-refractivity contribution is 5.37. The molecule has 0 radical (unpaired) electrons. The van der Waals surface area contributed by atoms with Crippen LogP contribution in [0.15, 0.2) is 30.6 Å². The molecule has 0 spiro atoms. The third-order valence-corrected chi connectivity index (χ3v) is 4.20. The Bertz CT molecular complexity index is 572. The molecule has 112 valence electrons. The van der Waals surface area contributed by atoms with Crippen molar-refractivity contribution in [3.8, 4) is 11.4 Å². The van der Waals surface area contributed by atoms with E-state index in [1.54, 1.807) is 13.4 Å². The van der Waals surface area contributed by atoms with Gasteiger partial charge in [0.25, 0.3) is 0 Å². The lowest BCUT2D eigenvalue weighted by molar-refractivity contribution is 0.167. The average molecular weight is 286 g/mol. The molecule has 1 fully saturated rings. The van der Waals surface area contributed by atoms with Crippen molar-refractivity contribution in [2.45, 2.75) is 32.2 Å². The van der Waals surface area contributed by atoms with E-state index < -0.39 is 0 Å². The van der Waals surface area contributed by atoms with Gasteiger partial charge in [-0.1, -0.05) is 6.42 Å². The first-order valence-corrected chi connectivity index (χ1v) is 7.58. The number of likely N-dealkylation sites (tertiary alicyclic amines) is 1. The Kier molecular flexibility index (Phi) is 4.20. The van der Waals surface area contributed by atoms with E-state index in [9.17, 15) is 0 Å². The molecule has 0 N–H and O–H groups in total. The van der Waals surface area contributed by atoms with Gasteiger partial charge in [-0.2, -0.15) is 5.10 Å². The van der Waals surface area contributed by atoms with Gasteiger partial charge in [-0.25, -0.2) is 9.67 Å². The molecule has 1 atom stereocenters. The molecule has 1 aromatic carbocycles. The standard InChI is InChI=1S/C16H22N4O/c1-13(19-10-4-3-5-11-19)16-17-12-18-20(16)14-6-8-15(21-2)9-7-14/h6-9,12-13H,3-5,10-11H2,1-2H3/t13-/m0/s1. The Hall–Kier alpha value is -1.88. The minimum absolute atomic E-state index is 0.287. The molecule has 1 saturated heterocycles. The van der Waals surface area contributed by atoms with Crippen LogP contribution in [0.5, 0.6) is 5.75 Å². The molecule has 21 heavy (non-hydrogen) atoms. The summed E-state index contributed by atoms with van der Waals surface area (Å²) in [5, 5.41) is 4.40. The molecule has 2 heterocycles. The Morgan fingerprint density at radius 2 is 1.81 bits per heavy atom. The van der Waals surface area contributed by atoms with Gasteiger partial charge in [0.05, 0.1) is 18.8 Å². The molecule has 0 saturated carbocycles. The van der Waals surface area contributed by atoms with Crippen molar-refractivity contribution in [3.05, 3.63) is 36.4 Å². The van der Waals surface area contributed by atoms with E-state index in [-0.39, 0.29) is 6.04 Å². The van der Waals surface area contributed by atoms with E-state index in [1.807, 2.05) is 28.9 Å². The van der Waals surface area contributed by atoms with Crippen LogP contribution in [0.1, 0.15) is 38.1 Å². The van der Waals surface area contributed by atoms with Crippen molar-refractivity contribution in [2.24, 2.45) is 0 Å². The van der Waals surface area contributed by atoms with Gasteiger partial charge in [-0.3, -0.25) is 4.90 Å². The lowest BCUT2D eigenvalue weighted by atomic mass is 10.1. The number of hydrogen-bond acceptors (Lipinski definition) is 4. The van der Waals surface area contributed by atoms with Crippen molar-refractivity contribution >= 4 is 0 Å². The summed E-state index contributed by atoms with van der Waals surface area (Å²) in [4.78, 5) is 6.98. The molecule has 0 bridgehead atoms. The molecule has 3 rings (SSSR count). The zero-order valence-electron chi connectivity index (χ0n) is 12.7. The van der Waals surface area contributed by atoms with Crippen molar-refractivity contribution in [2.75, 3.05) is 20.2 Å². The number of benzene rings is 1. The van der Waals surface area contributed by atoms with E-state index in [2.05, 4.69) is 21.9 Å². The molecule has 0 amide bonds. The minimum Gasteiger partial charge on any atom is -0.497 e. The van der Waals surface area contributed by atoms with Crippen molar-refractivity contribution < 1.29 is 4.74 Å². The van der Waals surface area contributed by atoms with Crippen LogP contribution in [0, 0.1) is 0 Å². The molecule has 1 aromatic heterocycles. The Morgan fingerprint density at radius 1 is 1.10 bits per heavy atom. The summed E-state index contributed by atoms with van der Waals surface area (Å²) in [5.41, 5.74) is 1.02. The quantitative estimate of drug-likeness (QED) is 0.867. The van der Waals surface area contributed by atoms with Crippen molar-refractivity contribution in [1.82, 2.24) is 19.7 Å². The van der Waals surface area contributed by atoms with Crippen molar-refractivity contribution in [3.63, 3.8) is 0 Å². The van der Waals surface area contributed by atoms with Gasteiger partial charge in [-0.05, 0) is 57.1 Å². The second-order valence-corrected chi connectivity index (χ2v) is 5.50. The molecule has 1 aliphatic rings. The first-order chi connectivity index (χ1) is 10.3. The number of hydrogen-bond donors (Lipinski definition) is 0. The van der Waals surface area contributed by atoms with Crippen LogP contribution in [0.4, 0.5) is 0 Å². The predicted octanol–water partition coefficient (Wildman–Crippen LogP) is 2.82. The number of piperidine rings is 1. The number of ether oxygens (including phenoxy) is 1. The Labute approximate surface area is 125 Å². The second-order valence-electron chi connectivity index (χ2n) is 5.50. The average Bonchev–Trinajstić information content (AvgIpc) is 3.04. The van der Waals surface area contributed by atoms with E-state index in [0.717, 1.165) is 30.4 Å². The molecule has 2 aromatic rings. The van der Waals surface area contributed by atoms with E-state index in [1.165, 1.54) is 19.3 Å². The second kappa shape index (κ2) is 6.26. The van der Waals surface area contributed by atoms with Crippen LogP contribution in [-0.4, -0.2) is 39.9 Å². The van der Waals surface area contributed by atoms with Gasteiger partial charge < -0.3 is 4.74 Å². The zero-order chi connectivity index (χ0) is 14.7. The molecule has 0 unspecified atom stereocenters.